The zero-order chi connectivity index (χ0) is 23.5. The van der Waals surface area contributed by atoms with E-state index in [-0.39, 0.29) is 0 Å². The Kier molecular flexibility index (Phi) is 6.35. The Bertz CT molecular complexity index is 1370. The summed E-state index contributed by atoms with van der Waals surface area (Å²) in [4.78, 5) is 0. The van der Waals surface area contributed by atoms with Crippen molar-refractivity contribution in [2.24, 2.45) is 0 Å². The second-order valence-corrected chi connectivity index (χ2v) is 9.01. The molecule has 2 aromatic heterocycles. The highest BCUT2D eigenvalue weighted by Gasteiger charge is 2.23. The summed E-state index contributed by atoms with van der Waals surface area (Å²) in [7, 11) is 0. The maximum Gasteiger partial charge on any atom is 0.157 e. The number of benzene rings is 3. The third-order valence-electron chi connectivity index (χ3n) is 6.36. The molecule has 0 amide bonds. The van der Waals surface area contributed by atoms with Gasteiger partial charge in [0.2, 0.25) is 0 Å². The second-order valence-electron chi connectivity index (χ2n) is 9.01. The van der Waals surface area contributed by atoms with Crippen LogP contribution in [-0.4, -0.2) is 22.3 Å². The lowest BCUT2D eigenvalue weighted by atomic mass is 9.97. The van der Waals surface area contributed by atoms with E-state index in [1.807, 2.05) is 18.2 Å². The molecule has 0 fully saturated rings. The van der Waals surface area contributed by atoms with Crippen molar-refractivity contribution in [1.82, 2.24) is 4.57 Å². The number of aryl methyl sites for hydroxylation is 2. The topological polar surface area (TPSA) is 54.9 Å². The number of rotatable bonds is 8. The van der Waals surface area contributed by atoms with Crippen molar-refractivity contribution in [3.05, 3.63) is 108 Å². The van der Waals surface area contributed by atoms with E-state index >= 15 is 0 Å². The average Bonchev–Trinajstić information content (AvgIpc) is 3.46. The smallest absolute Gasteiger partial charge is 0.157 e. The van der Waals surface area contributed by atoms with Crippen LogP contribution >= 0.6 is 0 Å². The maximum absolute atomic E-state index is 11.1. The molecule has 3 N–H and O–H groups in total. The first-order chi connectivity index (χ1) is 16.6. The van der Waals surface area contributed by atoms with Gasteiger partial charge in [-0.2, -0.15) is 0 Å². The quantitative estimate of drug-likeness (QED) is 0.336. The molecular weight excluding hydrogens is 420 g/mol. The van der Waals surface area contributed by atoms with Crippen LogP contribution in [0.5, 0.6) is 0 Å². The van der Waals surface area contributed by atoms with Crippen molar-refractivity contribution < 1.29 is 14.8 Å². The number of quaternary nitrogens is 1. The molecule has 2 heterocycles. The zero-order valence-corrected chi connectivity index (χ0v) is 19.7. The van der Waals surface area contributed by atoms with Gasteiger partial charge in [-0.15, -0.1) is 0 Å². The minimum Gasteiger partial charge on any atom is -0.463 e. The Balaban J connectivity index is 1.62. The van der Waals surface area contributed by atoms with Crippen LogP contribution in [0.15, 0.2) is 95.6 Å². The van der Waals surface area contributed by atoms with Crippen molar-refractivity contribution in [2.45, 2.75) is 33.0 Å². The third-order valence-corrected chi connectivity index (χ3v) is 6.36. The summed E-state index contributed by atoms with van der Waals surface area (Å²) >= 11 is 0. The molecule has 0 spiro atoms. The molecule has 0 aliphatic rings. The van der Waals surface area contributed by atoms with Crippen LogP contribution < -0.4 is 5.32 Å². The predicted molar refractivity (Wildman–Crippen MR) is 137 cm³/mol. The van der Waals surface area contributed by atoms with Crippen LogP contribution in [0, 0.1) is 13.8 Å². The first-order valence-corrected chi connectivity index (χ1v) is 11.9. The first kappa shape index (κ1) is 22.2. The fraction of sp³-hybridized carbons (Fsp3) is 0.200. The number of fused-ring (bicyclic) bond motifs is 1. The molecule has 172 valence electrons. The Labute approximate surface area is 200 Å². The molecule has 0 saturated carbocycles. The minimum absolute atomic E-state index is 0.502. The van der Waals surface area contributed by atoms with Crippen LogP contribution in [0.25, 0.3) is 33.3 Å². The fourth-order valence-electron chi connectivity index (χ4n) is 4.99. The number of aliphatic hydroxyl groups excluding tert-OH is 1. The van der Waals surface area contributed by atoms with Gasteiger partial charge >= 0.3 is 0 Å². The van der Waals surface area contributed by atoms with E-state index in [4.69, 9.17) is 4.42 Å². The molecule has 0 unspecified atom stereocenters. The molecule has 4 nitrogen and oxygen atoms in total. The number of aromatic nitrogens is 1. The largest absolute Gasteiger partial charge is 0.463 e. The lowest BCUT2D eigenvalue weighted by Crippen LogP contribution is -2.85. The lowest BCUT2D eigenvalue weighted by molar-refractivity contribution is -0.678. The van der Waals surface area contributed by atoms with E-state index in [9.17, 15) is 5.11 Å². The Morgan fingerprint density at radius 1 is 0.882 bits per heavy atom. The molecular formula is C30H31N2O2+. The minimum atomic E-state index is -0.502. The van der Waals surface area contributed by atoms with E-state index in [1.165, 1.54) is 33.2 Å². The number of hydrogen-bond donors (Lipinski definition) is 2. The van der Waals surface area contributed by atoms with E-state index in [1.54, 1.807) is 6.26 Å². The molecule has 0 bridgehead atoms. The van der Waals surface area contributed by atoms with Gasteiger partial charge in [0.1, 0.15) is 19.2 Å². The Morgan fingerprint density at radius 2 is 1.59 bits per heavy atom. The molecule has 0 radical (unpaired) electrons. The van der Waals surface area contributed by atoms with Gasteiger partial charge in [0.15, 0.2) is 5.76 Å². The molecule has 0 aliphatic carbocycles. The predicted octanol–water partition coefficient (Wildman–Crippen LogP) is 5.31. The summed E-state index contributed by atoms with van der Waals surface area (Å²) in [6, 6.07) is 29.5. The van der Waals surface area contributed by atoms with Crippen LogP contribution in [-0.2, 0) is 13.1 Å². The molecule has 0 saturated heterocycles. The summed E-state index contributed by atoms with van der Waals surface area (Å²) in [5.41, 5.74) is 8.37. The fourth-order valence-corrected chi connectivity index (χ4v) is 4.99. The van der Waals surface area contributed by atoms with Gasteiger partial charge in [0, 0.05) is 10.9 Å². The van der Waals surface area contributed by atoms with Gasteiger partial charge in [-0.3, -0.25) is 0 Å². The summed E-state index contributed by atoms with van der Waals surface area (Å²) in [6.07, 6.45) is 1.19. The number of hydrogen-bond acceptors (Lipinski definition) is 2. The van der Waals surface area contributed by atoms with E-state index in [2.05, 4.69) is 90.5 Å². The van der Waals surface area contributed by atoms with Gasteiger partial charge in [-0.1, -0.05) is 72.3 Å². The molecule has 3 aromatic carbocycles. The van der Waals surface area contributed by atoms with E-state index in [0.29, 0.717) is 13.1 Å². The summed E-state index contributed by atoms with van der Waals surface area (Å²) in [5.74, 6) is 0.918. The van der Waals surface area contributed by atoms with Gasteiger partial charge in [-0.25, -0.2) is 0 Å². The van der Waals surface area contributed by atoms with Crippen molar-refractivity contribution in [3.8, 4) is 22.4 Å². The van der Waals surface area contributed by atoms with Gasteiger partial charge < -0.3 is 19.4 Å². The normalized spacial score (nSPS) is 12.3. The monoisotopic (exact) mass is 451 g/mol. The number of nitrogens with zero attached hydrogens (tertiary/aromatic N) is 1. The molecule has 5 aromatic rings. The SMILES string of the molecule is Cc1cc(C)c2c(c1)c(-c1ccccc1)c(-c1ccccc1)n2C[C@H](O)C[NH2+]Cc1ccco1. The van der Waals surface area contributed by atoms with Gasteiger partial charge in [0.05, 0.1) is 24.0 Å². The molecule has 5 rings (SSSR count). The Morgan fingerprint density at radius 3 is 2.26 bits per heavy atom. The maximum atomic E-state index is 11.1. The van der Waals surface area contributed by atoms with Crippen LogP contribution in [0.2, 0.25) is 0 Å². The van der Waals surface area contributed by atoms with Crippen LogP contribution in [0.3, 0.4) is 0 Å². The third kappa shape index (κ3) is 4.43. The van der Waals surface area contributed by atoms with Crippen molar-refractivity contribution >= 4 is 10.9 Å². The van der Waals surface area contributed by atoms with Crippen LogP contribution in [0.4, 0.5) is 0 Å². The summed E-state index contributed by atoms with van der Waals surface area (Å²) in [6.45, 7) is 6.16. The Hall–Kier alpha value is -3.60. The van der Waals surface area contributed by atoms with E-state index in [0.717, 1.165) is 23.6 Å². The van der Waals surface area contributed by atoms with Crippen LogP contribution in [0.1, 0.15) is 16.9 Å². The van der Waals surface area contributed by atoms with Crippen molar-refractivity contribution in [3.63, 3.8) is 0 Å². The number of aliphatic hydroxyl groups is 1. The number of furan rings is 1. The first-order valence-electron chi connectivity index (χ1n) is 11.9. The molecule has 34 heavy (non-hydrogen) atoms. The highest BCUT2D eigenvalue weighted by atomic mass is 16.3. The summed E-state index contributed by atoms with van der Waals surface area (Å²) < 4.78 is 7.76. The number of nitrogens with two attached hydrogens (primary N) is 1. The molecule has 4 heteroatoms. The average molecular weight is 452 g/mol. The van der Waals surface area contributed by atoms with Crippen molar-refractivity contribution in [2.75, 3.05) is 6.54 Å². The van der Waals surface area contributed by atoms with E-state index < -0.39 is 6.10 Å². The summed E-state index contributed by atoms with van der Waals surface area (Å²) in [5, 5.41) is 14.4. The lowest BCUT2D eigenvalue weighted by Gasteiger charge is -2.17. The highest BCUT2D eigenvalue weighted by Crippen LogP contribution is 2.42. The zero-order valence-electron chi connectivity index (χ0n) is 19.7. The standard InChI is InChI=1S/C30H30N2O2/c1-21-16-22(2)29-27(17-21)28(23-10-5-3-6-11-23)30(24-12-7-4-8-13-24)32(29)20-25(33)18-31-19-26-14-9-15-34-26/h3-17,25,31,33H,18-20H2,1-2H3/p+1/t25-/m1/s1. The van der Waals surface area contributed by atoms with Gasteiger partial charge in [0.25, 0.3) is 0 Å². The highest BCUT2D eigenvalue weighted by molar-refractivity contribution is 6.06. The van der Waals surface area contributed by atoms with Gasteiger partial charge in [-0.05, 0) is 48.7 Å². The molecule has 1 atom stereocenters. The second kappa shape index (κ2) is 9.72. The van der Waals surface area contributed by atoms with Crippen molar-refractivity contribution in [1.29, 1.82) is 0 Å². The molecule has 0 aliphatic heterocycles.